The average molecular weight is 307 g/mol. The average Bonchev–Trinajstić information content (AvgIpc) is 2.87. The summed E-state index contributed by atoms with van der Waals surface area (Å²) < 4.78 is 6.65. The topological polar surface area (TPSA) is 73.2 Å². The molecule has 0 aliphatic heterocycles. The molecule has 2 aromatic heterocycles. The third-order valence-corrected chi connectivity index (χ3v) is 4.04. The van der Waals surface area contributed by atoms with Crippen molar-refractivity contribution in [3.05, 3.63) is 44.3 Å². The Balaban J connectivity index is 2.00. The summed E-state index contributed by atoms with van der Waals surface area (Å²) in [7, 11) is 1.52. The lowest BCUT2D eigenvalue weighted by atomic mass is 10.3. The smallest absolute Gasteiger partial charge is 0.263 e. The maximum absolute atomic E-state index is 11.9. The molecule has 0 atom stereocenters. The summed E-state index contributed by atoms with van der Waals surface area (Å²) in [4.78, 5) is 28.5. The van der Waals surface area contributed by atoms with Gasteiger partial charge in [-0.3, -0.25) is 9.59 Å². The van der Waals surface area contributed by atoms with Crippen LogP contribution >= 0.6 is 11.3 Å². The quantitative estimate of drug-likeness (QED) is 0.905. The van der Waals surface area contributed by atoms with Gasteiger partial charge >= 0.3 is 0 Å². The highest BCUT2D eigenvalue weighted by Gasteiger charge is 2.11. The van der Waals surface area contributed by atoms with Gasteiger partial charge in [-0.2, -0.15) is 0 Å². The van der Waals surface area contributed by atoms with E-state index < -0.39 is 0 Å². The molecule has 112 valence electrons. The summed E-state index contributed by atoms with van der Waals surface area (Å²) in [6, 6.07) is 3.22. The largest absolute Gasteiger partial charge is 0.496 e. The number of aryl methyl sites for hydroxylation is 2. The van der Waals surface area contributed by atoms with Gasteiger partial charge in [-0.1, -0.05) is 0 Å². The van der Waals surface area contributed by atoms with Gasteiger partial charge in [-0.05, 0) is 19.9 Å². The summed E-state index contributed by atoms with van der Waals surface area (Å²) in [5.41, 5.74) is 3.01. The first-order valence-corrected chi connectivity index (χ1v) is 7.34. The van der Waals surface area contributed by atoms with Gasteiger partial charge in [0.1, 0.15) is 10.6 Å². The first-order chi connectivity index (χ1) is 10.0. The van der Waals surface area contributed by atoms with E-state index in [-0.39, 0.29) is 11.5 Å². The van der Waals surface area contributed by atoms with E-state index in [2.05, 4.69) is 10.3 Å². The number of carbonyl (C=O) groups excluding carboxylic acids is 1. The Morgan fingerprint density at radius 3 is 2.76 bits per heavy atom. The molecule has 1 amide bonds. The van der Waals surface area contributed by atoms with Crippen molar-refractivity contribution in [1.29, 1.82) is 0 Å². The molecule has 0 saturated carbocycles. The van der Waals surface area contributed by atoms with E-state index in [0.29, 0.717) is 23.7 Å². The summed E-state index contributed by atoms with van der Waals surface area (Å²) in [5, 5.41) is 2.80. The molecule has 1 N–H and O–H groups in total. The Morgan fingerprint density at radius 2 is 2.19 bits per heavy atom. The minimum Gasteiger partial charge on any atom is -0.496 e. The molecule has 2 aromatic rings. The number of hydrogen-bond donors (Lipinski definition) is 1. The van der Waals surface area contributed by atoms with Gasteiger partial charge < -0.3 is 14.6 Å². The van der Waals surface area contributed by atoms with Crippen LogP contribution in [0.3, 0.4) is 0 Å². The molecule has 21 heavy (non-hydrogen) atoms. The third kappa shape index (κ3) is 3.49. The van der Waals surface area contributed by atoms with Crippen LogP contribution in [0.25, 0.3) is 0 Å². The molecule has 0 saturated heterocycles. The number of aromatic nitrogens is 2. The van der Waals surface area contributed by atoms with Crippen LogP contribution in [-0.4, -0.2) is 29.1 Å². The van der Waals surface area contributed by atoms with Gasteiger partial charge in [-0.15, -0.1) is 11.3 Å². The fourth-order valence-corrected chi connectivity index (χ4v) is 2.70. The number of hydrogen-bond acceptors (Lipinski definition) is 5. The van der Waals surface area contributed by atoms with Crippen molar-refractivity contribution >= 4 is 17.2 Å². The molecule has 0 bridgehead atoms. The fourth-order valence-electron chi connectivity index (χ4n) is 1.98. The zero-order chi connectivity index (χ0) is 15.4. The summed E-state index contributed by atoms with van der Waals surface area (Å²) >= 11 is 1.31. The molecule has 0 fully saturated rings. The maximum Gasteiger partial charge on any atom is 0.263 e. The number of nitrogens with one attached hydrogen (secondary N) is 1. The molecule has 0 radical (unpaired) electrons. The van der Waals surface area contributed by atoms with Crippen LogP contribution < -0.4 is 15.6 Å². The van der Waals surface area contributed by atoms with Crippen molar-refractivity contribution < 1.29 is 9.53 Å². The Hall–Kier alpha value is -2.15. The first kappa shape index (κ1) is 15.2. The second-order valence-electron chi connectivity index (χ2n) is 4.55. The molecular formula is C14H17N3O3S. The van der Waals surface area contributed by atoms with E-state index in [1.54, 1.807) is 23.1 Å². The number of nitrogens with zero attached hydrogens (tertiary/aromatic N) is 2. The van der Waals surface area contributed by atoms with Gasteiger partial charge in [0.15, 0.2) is 0 Å². The van der Waals surface area contributed by atoms with Crippen LogP contribution in [0.5, 0.6) is 5.75 Å². The number of carbonyl (C=O) groups is 1. The predicted octanol–water partition coefficient (Wildman–Crippen LogP) is 1.36. The first-order valence-electron chi connectivity index (χ1n) is 6.46. The second-order valence-corrected chi connectivity index (χ2v) is 5.40. The summed E-state index contributed by atoms with van der Waals surface area (Å²) in [6.07, 6.45) is 0. The molecule has 2 rings (SSSR count). The van der Waals surface area contributed by atoms with Gasteiger partial charge in [0.25, 0.3) is 11.5 Å². The lowest BCUT2D eigenvalue weighted by Crippen LogP contribution is -2.31. The summed E-state index contributed by atoms with van der Waals surface area (Å²) in [5.74, 6) is 0.382. The lowest BCUT2D eigenvalue weighted by Gasteiger charge is -2.11. The molecule has 0 aromatic carbocycles. The predicted molar refractivity (Wildman–Crippen MR) is 81.2 cm³/mol. The molecule has 6 nitrogen and oxygen atoms in total. The molecule has 0 aliphatic carbocycles. The molecule has 0 unspecified atom stereocenters. The van der Waals surface area contributed by atoms with E-state index in [1.165, 1.54) is 24.5 Å². The third-order valence-electron chi connectivity index (χ3n) is 3.12. The van der Waals surface area contributed by atoms with Gasteiger partial charge in [0.2, 0.25) is 0 Å². The Labute approximate surface area is 126 Å². The van der Waals surface area contributed by atoms with E-state index in [0.717, 1.165) is 11.4 Å². The monoisotopic (exact) mass is 307 g/mol. The number of amides is 1. The highest BCUT2D eigenvalue weighted by atomic mass is 32.1. The molecule has 0 spiro atoms. The van der Waals surface area contributed by atoms with Crippen molar-refractivity contribution in [3.63, 3.8) is 0 Å². The normalized spacial score (nSPS) is 10.4. The SMILES string of the molecule is COc1cc(C)n(CCNC(=O)c2scnc2C)c(=O)c1. The number of rotatable bonds is 5. The van der Waals surface area contributed by atoms with Gasteiger partial charge in [0.05, 0.1) is 18.3 Å². The zero-order valence-corrected chi connectivity index (χ0v) is 13.0. The van der Waals surface area contributed by atoms with Crippen molar-refractivity contribution in [2.45, 2.75) is 20.4 Å². The minimum absolute atomic E-state index is 0.143. The van der Waals surface area contributed by atoms with Crippen LogP contribution in [0.4, 0.5) is 0 Å². The molecule has 0 aliphatic rings. The van der Waals surface area contributed by atoms with E-state index in [4.69, 9.17) is 4.74 Å². The highest BCUT2D eigenvalue weighted by Crippen LogP contribution is 2.11. The Bertz CT molecular complexity index is 706. The number of methoxy groups -OCH3 is 1. The summed E-state index contributed by atoms with van der Waals surface area (Å²) in [6.45, 7) is 4.42. The lowest BCUT2D eigenvalue weighted by molar-refractivity contribution is 0.0955. The van der Waals surface area contributed by atoms with Crippen LogP contribution in [0.2, 0.25) is 0 Å². The van der Waals surface area contributed by atoms with E-state index in [1.807, 2.05) is 6.92 Å². The number of pyridine rings is 1. The van der Waals surface area contributed by atoms with Gasteiger partial charge in [0, 0.05) is 24.8 Å². The van der Waals surface area contributed by atoms with Crippen molar-refractivity contribution in [3.8, 4) is 5.75 Å². The van der Waals surface area contributed by atoms with Crippen molar-refractivity contribution in [2.24, 2.45) is 0 Å². The maximum atomic E-state index is 11.9. The van der Waals surface area contributed by atoms with Crippen molar-refractivity contribution in [2.75, 3.05) is 13.7 Å². The van der Waals surface area contributed by atoms with Crippen LogP contribution in [0, 0.1) is 13.8 Å². The number of ether oxygens (including phenoxy) is 1. The van der Waals surface area contributed by atoms with Crippen LogP contribution in [-0.2, 0) is 6.54 Å². The second kappa shape index (κ2) is 6.53. The van der Waals surface area contributed by atoms with Crippen molar-refractivity contribution in [1.82, 2.24) is 14.9 Å². The Kier molecular flexibility index (Phi) is 4.74. The Morgan fingerprint density at radius 1 is 1.43 bits per heavy atom. The van der Waals surface area contributed by atoms with Crippen LogP contribution in [0.1, 0.15) is 21.1 Å². The standard InChI is InChI=1S/C14H17N3O3S/c1-9-6-11(20-3)7-12(18)17(9)5-4-15-14(19)13-10(2)16-8-21-13/h6-8H,4-5H2,1-3H3,(H,15,19). The number of thiazole rings is 1. The minimum atomic E-state index is -0.158. The fraction of sp³-hybridized carbons (Fsp3) is 0.357. The van der Waals surface area contributed by atoms with E-state index >= 15 is 0 Å². The zero-order valence-electron chi connectivity index (χ0n) is 12.2. The molecule has 2 heterocycles. The van der Waals surface area contributed by atoms with Gasteiger partial charge in [-0.25, -0.2) is 4.98 Å². The highest BCUT2D eigenvalue weighted by molar-refractivity contribution is 7.11. The molecule has 7 heteroatoms. The molecular weight excluding hydrogens is 290 g/mol. The van der Waals surface area contributed by atoms with E-state index in [9.17, 15) is 9.59 Å². The van der Waals surface area contributed by atoms with Crippen LogP contribution in [0.15, 0.2) is 22.4 Å².